The second-order valence-corrected chi connectivity index (χ2v) is 3.23. The summed E-state index contributed by atoms with van der Waals surface area (Å²) in [7, 11) is 0. The highest BCUT2D eigenvalue weighted by Crippen LogP contribution is 2.18. The molecular formula is C8H7BrFNO. The standard InChI is InChI=1S/C8H7BrFNO/c9-7-4-6(10)2-1-5(7)3-8(11)12/h1-2,4H,3H2,(H2,11,12). The van der Waals surface area contributed by atoms with Crippen LogP contribution in [0, 0.1) is 5.82 Å². The summed E-state index contributed by atoms with van der Waals surface area (Å²) >= 11 is 3.13. The molecular weight excluding hydrogens is 225 g/mol. The number of carbonyl (C=O) groups is 1. The van der Waals surface area contributed by atoms with Crippen molar-refractivity contribution >= 4 is 21.8 Å². The van der Waals surface area contributed by atoms with Gasteiger partial charge >= 0.3 is 0 Å². The molecule has 1 aromatic carbocycles. The van der Waals surface area contributed by atoms with Crippen LogP contribution in [0.2, 0.25) is 0 Å². The zero-order valence-electron chi connectivity index (χ0n) is 6.18. The molecule has 0 saturated heterocycles. The number of primary amides is 1. The van der Waals surface area contributed by atoms with Crippen LogP contribution in [0.15, 0.2) is 22.7 Å². The third-order valence-electron chi connectivity index (χ3n) is 1.38. The number of halogens is 2. The summed E-state index contributed by atoms with van der Waals surface area (Å²) in [6, 6.07) is 4.13. The van der Waals surface area contributed by atoms with Gasteiger partial charge in [0.25, 0.3) is 0 Å². The smallest absolute Gasteiger partial charge is 0.221 e. The molecule has 0 aromatic heterocycles. The van der Waals surface area contributed by atoms with Crippen molar-refractivity contribution in [2.45, 2.75) is 6.42 Å². The van der Waals surface area contributed by atoms with E-state index in [-0.39, 0.29) is 12.2 Å². The minimum atomic E-state index is -0.428. The lowest BCUT2D eigenvalue weighted by atomic mass is 10.1. The second kappa shape index (κ2) is 3.67. The molecule has 0 bridgehead atoms. The molecule has 0 aliphatic carbocycles. The molecule has 0 heterocycles. The molecule has 64 valence electrons. The van der Waals surface area contributed by atoms with Crippen LogP contribution in [0.1, 0.15) is 5.56 Å². The van der Waals surface area contributed by atoms with Gasteiger partial charge in [-0.15, -0.1) is 0 Å². The van der Waals surface area contributed by atoms with Crippen LogP contribution >= 0.6 is 15.9 Å². The molecule has 0 fully saturated rings. The summed E-state index contributed by atoms with van der Waals surface area (Å²) in [5, 5.41) is 0. The molecule has 0 saturated carbocycles. The first-order valence-corrected chi connectivity index (χ1v) is 4.11. The zero-order chi connectivity index (χ0) is 9.14. The van der Waals surface area contributed by atoms with Crippen LogP contribution in [0.25, 0.3) is 0 Å². The summed E-state index contributed by atoms with van der Waals surface area (Å²) in [6.45, 7) is 0. The monoisotopic (exact) mass is 231 g/mol. The van der Waals surface area contributed by atoms with Crippen molar-refractivity contribution in [2.75, 3.05) is 0 Å². The lowest BCUT2D eigenvalue weighted by molar-refractivity contribution is -0.117. The third-order valence-corrected chi connectivity index (χ3v) is 2.12. The Labute approximate surface area is 77.7 Å². The quantitative estimate of drug-likeness (QED) is 0.827. The number of nitrogens with two attached hydrogens (primary N) is 1. The molecule has 0 radical (unpaired) electrons. The Balaban J connectivity index is 2.93. The first-order chi connectivity index (χ1) is 5.59. The minimum Gasteiger partial charge on any atom is -0.369 e. The molecule has 1 rings (SSSR count). The highest BCUT2D eigenvalue weighted by Gasteiger charge is 2.03. The topological polar surface area (TPSA) is 43.1 Å². The Morgan fingerprint density at radius 3 is 2.75 bits per heavy atom. The van der Waals surface area contributed by atoms with Gasteiger partial charge in [-0.1, -0.05) is 22.0 Å². The van der Waals surface area contributed by atoms with Crippen molar-refractivity contribution in [2.24, 2.45) is 5.73 Å². The van der Waals surface area contributed by atoms with Gasteiger partial charge in [0.15, 0.2) is 0 Å². The van der Waals surface area contributed by atoms with E-state index < -0.39 is 5.91 Å². The van der Waals surface area contributed by atoms with Gasteiger partial charge < -0.3 is 5.73 Å². The Bertz CT molecular complexity index is 314. The van der Waals surface area contributed by atoms with E-state index in [2.05, 4.69) is 15.9 Å². The highest BCUT2D eigenvalue weighted by atomic mass is 79.9. The lowest BCUT2D eigenvalue weighted by Crippen LogP contribution is -2.13. The number of carbonyl (C=O) groups excluding carboxylic acids is 1. The number of hydrogen-bond donors (Lipinski definition) is 1. The molecule has 12 heavy (non-hydrogen) atoms. The van der Waals surface area contributed by atoms with Crippen molar-refractivity contribution in [3.8, 4) is 0 Å². The van der Waals surface area contributed by atoms with Gasteiger partial charge in [-0.3, -0.25) is 4.79 Å². The highest BCUT2D eigenvalue weighted by molar-refractivity contribution is 9.10. The Kier molecular flexibility index (Phi) is 2.81. The molecule has 1 amide bonds. The number of rotatable bonds is 2. The van der Waals surface area contributed by atoms with Gasteiger partial charge in [-0.25, -0.2) is 4.39 Å². The Morgan fingerprint density at radius 1 is 1.58 bits per heavy atom. The fraction of sp³-hybridized carbons (Fsp3) is 0.125. The third kappa shape index (κ3) is 2.30. The van der Waals surface area contributed by atoms with Gasteiger partial charge in [0.05, 0.1) is 6.42 Å². The molecule has 0 aliphatic rings. The van der Waals surface area contributed by atoms with Crippen molar-refractivity contribution in [1.29, 1.82) is 0 Å². The molecule has 0 spiro atoms. The van der Waals surface area contributed by atoms with Crippen LogP contribution in [-0.4, -0.2) is 5.91 Å². The van der Waals surface area contributed by atoms with Crippen molar-refractivity contribution in [1.82, 2.24) is 0 Å². The Morgan fingerprint density at radius 2 is 2.25 bits per heavy atom. The van der Waals surface area contributed by atoms with Crippen LogP contribution in [0.4, 0.5) is 4.39 Å². The fourth-order valence-electron chi connectivity index (χ4n) is 0.853. The van der Waals surface area contributed by atoms with Gasteiger partial charge in [0.2, 0.25) is 5.91 Å². The summed E-state index contributed by atoms with van der Waals surface area (Å²) in [5.41, 5.74) is 5.68. The second-order valence-electron chi connectivity index (χ2n) is 2.38. The van der Waals surface area contributed by atoms with Crippen molar-refractivity contribution in [3.63, 3.8) is 0 Å². The number of amides is 1. The van der Waals surface area contributed by atoms with Gasteiger partial charge in [0, 0.05) is 4.47 Å². The van der Waals surface area contributed by atoms with Crippen molar-refractivity contribution < 1.29 is 9.18 Å². The summed E-state index contributed by atoms with van der Waals surface area (Å²) in [6.07, 6.45) is 0.126. The summed E-state index contributed by atoms with van der Waals surface area (Å²) < 4.78 is 13.1. The van der Waals surface area contributed by atoms with Crippen molar-refractivity contribution in [3.05, 3.63) is 34.1 Å². The average molecular weight is 232 g/mol. The normalized spacial score (nSPS) is 9.83. The molecule has 2 N–H and O–H groups in total. The predicted octanol–water partition coefficient (Wildman–Crippen LogP) is 1.62. The van der Waals surface area contributed by atoms with E-state index >= 15 is 0 Å². The van der Waals surface area contributed by atoms with E-state index in [9.17, 15) is 9.18 Å². The molecule has 1 aromatic rings. The summed E-state index contributed by atoms with van der Waals surface area (Å²) in [4.78, 5) is 10.5. The van der Waals surface area contributed by atoms with E-state index in [1.807, 2.05) is 0 Å². The molecule has 0 atom stereocenters. The van der Waals surface area contributed by atoms with Crippen LogP contribution < -0.4 is 5.73 Å². The van der Waals surface area contributed by atoms with Gasteiger partial charge in [-0.2, -0.15) is 0 Å². The van der Waals surface area contributed by atoms with E-state index in [1.54, 1.807) is 0 Å². The lowest BCUT2D eigenvalue weighted by Gasteiger charge is -2.00. The average Bonchev–Trinajstić information content (AvgIpc) is 1.94. The predicted molar refractivity (Wildman–Crippen MR) is 47.0 cm³/mol. The molecule has 0 aliphatic heterocycles. The minimum absolute atomic E-state index is 0.126. The molecule has 4 heteroatoms. The Hall–Kier alpha value is -0.900. The number of hydrogen-bond acceptors (Lipinski definition) is 1. The maximum Gasteiger partial charge on any atom is 0.221 e. The van der Waals surface area contributed by atoms with Gasteiger partial charge in [0.1, 0.15) is 5.82 Å². The van der Waals surface area contributed by atoms with Gasteiger partial charge in [-0.05, 0) is 17.7 Å². The number of benzene rings is 1. The summed E-state index contributed by atoms with van der Waals surface area (Å²) in [5.74, 6) is -0.766. The zero-order valence-corrected chi connectivity index (χ0v) is 7.77. The van der Waals surface area contributed by atoms with Crippen LogP contribution in [-0.2, 0) is 11.2 Å². The first kappa shape index (κ1) is 9.19. The first-order valence-electron chi connectivity index (χ1n) is 3.32. The molecule has 2 nitrogen and oxygen atoms in total. The maximum atomic E-state index is 12.5. The van der Waals surface area contributed by atoms with Crippen LogP contribution in [0.5, 0.6) is 0 Å². The fourth-order valence-corrected chi connectivity index (χ4v) is 1.34. The largest absolute Gasteiger partial charge is 0.369 e. The van der Waals surface area contributed by atoms with Crippen LogP contribution in [0.3, 0.4) is 0 Å². The molecule has 0 unspecified atom stereocenters. The maximum absolute atomic E-state index is 12.5. The van der Waals surface area contributed by atoms with E-state index in [0.717, 1.165) is 0 Å². The van der Waals surface area contributed by atoms with E-state index in [4.69, 9.17) is 5.73 Å². The van der Waals surface area contributed by atoms with E-state index in [1.165, 1.54) is 18.2 Å². The van der Waals surface area contributed by atoms with E-state index in [0.29, 0.717) is 10.0 Å². The SMILES string of the molecule is NC(=O)Cc1ccc(F)cc1Br.